The standard InChI is InChI=1S/C17H13ClF2INO2/c1-9(10-2-4-12(18)5-3-10)22-8-11-6-13(24-17(19)20)7-14(21)15(11)16(22)23/h2-7,9,17H,8H2,1H3. The second-order valence-electron chi connectivity index (χ2n) is 5.48. The third-order valence-electron chi connectivity index (χ3n) is 4.01. The maximum absolute atomic E-state index is 12.7. The van der Waals surface area contributed by atoms with Crippen molar-refractivity contribution >= 4 is 40.1 Å². The van der Waals surface area contributed by atoms with E-state index in [2.05, 4.69) is 4.74 Å². The molecule has 0 spiro atoms. The van der Waals surface area contributed by atoms with Crippen molar-refractivity contribution in [3.05, 3.63) is 61.7 Å². The summed E-state index contributed by atoms with van der Waals surface area (Å²) in [5.41, 5.74) is 2.21. The summed E-state index contributed by atoms with van der Waals surface area (Å²) in [4.78, 5) is 14.4. The molecule has 0 radical (unpaired) electrons. The van der Waals surface area contributed by atoms with Crippen LogP contribution in [0.1, 0.15) is 34.5 Å². The number of carbonyl (C=O) groups excluding carboxylic acids is 1. The van der Waals surface area contributed by atoms with E-state index < -0.39 is 6.61 Å². The lowest BCUT2D eigenvalue weighted by atomic mass is 10.1. The predicted molar refractivity (Wildman–Crippen MR) is 95.5 cm³/mol. The number of ether oxygens (including phenoxy) is 1. The van der Waals surface area contributed by atoms with E-state index in [-0.39, 0.29) is 17.7 Å². The number of hydrogen-bond acceptors (Lipinski definition) is 2. The Morgan fingerprint density at radius 1 is 1.25 bits per heavy atom. The third kappa shape index (κ3) is 3.35. The number of alkyl halides is 2. The second-order valence-corrected chi connectivity index (χ2v) is 7.08. The molecular formula is C17H13ClF2INO2. The lowest BCUT2D eigenvalue weighted by Crippen LogP contribution is -2.27. The molecule has 2 aromatic rings. The second kappa shape index (κ2) is 6.84. The zero-order chi connectivity index (χ0) is 17.4. The minimum atomic E-state index is -2.89. The molecular weight excluding hydrogens is 451 g/mol. The number of nitrogens with zero attached hydrogens (tertiary/aromatic N) is 1. The summed E-state index contributed by atoms with van der Waals surface area (Å²) < 4.78 is 29.9. The Labute approximate surface area is 156 Å². The lowest BCUT2D eigenvalue weighted by molar-refractivity contribution is -0.0499. The van der Waals surface area contributed by atoms with E-state index in [1.54, 1.807) is 17.0 Å². The van der Waals surface area contributed by atoms with Gasteiger partial charge in [-0.2, -0.15) is 8.78 Å². The Kier molecular flexibility index (Phi) is 4.96. The van der Waals surface area contributed by atoms with E-state index in [1.165, 1.54) is 12.1 Å². The predicted octanol–water partition coefficient (Wildman–Crippen LogP) is 5.26. The minimum Gasteiger partial charge on any atom is -0.435 e. The maximum atomic E-state index is 12.7. The Morgan fingerprint density at radius 2 is 1.92 bits per heavy atom. The topological polar surface area (TPSA) is 29.5 Å². The Hall–Kier alpha value is -1.41. The lowest BCUT2D eigenvalue weighted by Gasteiger charge is -2.24. The molecule has 0 saturated carbocycles. The normalized spacial score (nSPS) is 14.9. The van der Waals surface area contributed by atoms with Crippen LogP contribution in [0.2, 0.25) is 5.02 Å². The number of carbonyl (C=O) groups is 1. The molecule has 2 aromatic carbocycles. The van der Waals surface area contributed by atoms with Crippen molar-refractivity contribution in [2.24, 2.45) is 0 Å². The number of fused-ring (bicyclic) bond motifs is 1. The number of rotatable bonds is 4. The van der Waals surface area contributed by atoms with E-state index in [4.69, 9.17) is 11.6 Å². The maximum Gasteiger partial charge on any atom is 0.387 e. The number of benzene rings is 2. The molecule has 24 heavy (non-hydrogen) atoms. The van der Waals surface area contributed by atoms with Gasteiger partial charge in [0.15, 0.2) is 0 Å². The fraction of sp³-hybridized carbons (Fsp3) is 0.235. The fourth-order valence-corrected chi connectivity index (χ4v) is 3.81. The van der Waals surface area contributed by atoms with Crippen molar-refractivity contribution in [1.82, 2.24) is 4.90 Å². The van der Waals surface area contributed by atoms with E-state index >= 15 is 0 Å². The van der Waals surface area contributed by atoms with Crippen LogP contribution >= 0.6 is 34.2 Å². The van der Waals surface area contributed by atoms with Crippen LogP contribution in [0.4, 0.5) is 8.78 Å². The summed E-state index contributed by atoms with van der Waals surface area (Å²) in [6.45, 7) is -0.606. The molecule has 1 unspecified atom stereocenters. The van der Waals surface area contributed by atoms with E-state index in [0.29, 0.717) is 26.3 Å². The van der Waals surface area contributed by atoms with Gasteiger partial charge in [0.25, 0.3) is 5.91 Å². The van der Waals surface area contributed by atoms with Crippen LogP contribution in [0.15, 0.2) is 36.4 Å². The summed E-state index contributed by atoms with van der Waals surface area (Å²) in [6.07, 6.45) is 0. The third-order valence-corrected chi connectivity index (χ3v) is 5.11. The molecule has 3 rings (SSSR count). The molecule has 7 heteroatoms. The Bertz CT molecular complexity index is 783. The molecule has 1 aliphatic rings. The summed E-state index contributed by atoms with van der Waals surface area (Å²) in [7, 11) is 0. The van der Waals surface area contributed by atoms with Gasteiger partial charge in [0, 0.05) is 15.1 Å². The first kappa shape index (κ1) is 17.4. The molecule has 1 amide bonds. The summed E-state index contributed by atoms with van der Waals surface area (Å²) in [5.74, 6) is -0.0395. The van der Waals surface area contributed by atoms with Crippen LogP contribution in [-0.4, -0.2) is 17.4 Å². The molecule has 1 heterocycles. The van der Waals surface area contributed by atoms with Gasteiger partial charge in [0.1, 0.15) is 5.75 Å². The van der Waals surface area contributed by atoms with Gasteiger partial charge in [-0.3, -0.25) is 4.79 Å². The van der Waals surface area contributed by atoms with Crippen molar-refractivity contribution in [1.29, 1.82) is 0 Å². The molecule has 0 aliphatic carbocycles. The molecule has 0 saturated heterocycles. The first-order valence-electron chi connectivity index (χ1n) is 7.20. The van der Waals surface area contributed by atoms with E-state index in [0.717, 1.165) is 5.56 Å². The number of amides is 1. The van der Waals surface area contributed by atoms with Gasteiger partial charge >= 0.3 is 6.61 Å². The minimum absolute atomic E-state index is 0.0712. The van der Waals surface area contributed by atoms with Crippen molar-refractivity contribution in [3.8, 4) is 5.75 Å². The average Bonchev–Trinajstić information content (AvgIpc) is 2.84. The van der Waals surface area contributed by atoms with Gasteiger partial charge in [-0.1, -0.05) is 23.7 Å². The van der Waals surface area contributed by atoms with Gasteiger partial charge in [0.2, 0.25) is 0 Å². The highest BCUT2D eigenvalue weighted by molar-refractivity contribution is 14.1. The molecule has 0 N–H and O–H groups in total. The summed E-state index contributed by atoms with van der Waals surface area (Å²) in [5, 5.41) is 0.630. The molecule has 0 aromatic heterocycles. The van der Waals surface area contributed by atoms with Gasteiger partial charge < -0.3 is 9.64 Å². The highest BCUT2D eigenvalue weighted by Crippen LogP contribution is 2.36. The van der Waals surface area contributed by atoms with Gasteiger partial charge in [-0.15, -0.1) is 0 Å². The van der Waals surface area contributed by atoms with Crippen LogP contribution in [0.3, 0.4) is 0 Å². The van der Waals surface area contributed by atoms with Crippen LogP contribution < -0.4 is 4.74 Å². The van der Waals surface area contributed by atoms with Crippen molar-refractivity contribution in [3.63, 3.8) is 0 Å². The Morgan fingerprint density at radius 3 is 2.54 bits per heavy atom. The Balaban J connectivity index is 1.89. The average molecular weight is 464 g/mol. The monoisotopic (exact) mass is 463 g/mol. The quantitative estimate of drug-likeness (QED) is 0.579. The van der Waals surface area contributed by atoms with E-state index in [1.807, 2.05) is 41.6 Å². The van der Waals surface area contributed by atoms with Crippen LogP contribution in [0, 0.1) is 3.57 Å². The van der Waals surface area contributed by atoms with Gasteiger partial charge in [0.05, 0.1) is 11.6 Å². The zero-order valence-corrected chi connectivity index (χ0v) is 15.5. The van der Waals surface area contributed by atoms with Crippen LogP contribution in [0.25, 0.3) is 0 Å². The van der Waals surface area contributed by atoms with E-state index in [9.17, 15) is 13.6 Å². The molecule has 3 nitrogen and oxygen atoms in total. The highest BCUT2D eigenvalue weighted by atomic mass is 127. The smallest absolute Gasteiger partial charge is 0.387 e. The number of hydrogen-bond donors (Lipinski definition) is 0. The zero-order valence-electron chi connectivity index (χ0n) is 12.6. The first-order chi connectivity index (χ1) is 11.4. The van der Waals surface area contributed by atoms with Crippen molar-refractivity contribution in [2.75, 3.05) is 0 Å². The SMILES string of the molecule is CC(c1ccc(Cl)cc1)N1Cc2cc(OC(F)F)cc(I)c2C1=O. The van der Waals surface area contributed by atoms with Crippen molar-refractivity contribution < 1.29 is 18.3 Å². The summed E-state index contributed by atoms with van der Waals surface area (Å²) in [6, 6.07) is 10.1. The molecule has 1 aliphatic heterocycles. The van der Waals surface area contributed by atoms with Gasteiger partial charge in [-0.05, 0) is 64.9 Å². The van der Waals surface area contributed by atoms with Gasteiger partial charge in [-0.25, -0.2) is 0 Å². The largest absolute Gasteiger partial charge is 0.435 e. The summed E-state index contributed by atoms with van der Waals surface area (Å²) >= 11 is 7.88. The van der Waals surface area contributed by atoms with Crippen molar-refractivity contribution in [2.45, 2.75) is 26.1 Å². The highest BCUT2D eigenvalue weighted by Gasteiger charge is 2.33. The molecule has 126 valence electrons. The van der Waals surface area contributed by atoms with Crippen LogP contribution in [-0.2, 0) is 6.54 Å². The van der Waals surface area contributed by atoms with Crippen LogP contribution in [0.5, 0.6) is 5.75 Å². The number of halogens is 4. The molecule has 0 bridgehead atoms. The molecule has 1 atom stereocenters. The molecule has 0 fully saturated rings. The fourth-order valence-electron chi connectivity index (χ4n) is 2.80. The first-order valence-corrected chi connectivity index (χ1v) is 8.66.